The van der Waals surface area contributed by atoms with Crippen molar-refractivity contribution < 1.29 is 4.52 Å². The lowest BCUT2D eigenvalue weighted by Crippen LogP contribution is -2.06. The molecular formula is C15H16N4OS. The average Bonchev–Trinajstić information content (AvgIpc) is 3.12. The summed E-state index contributed by atoms with van der Waals surface area (Å²) in [4.78, 5) is 8.85. The minimum atomic E-state index is 0.457. The van der Waals surface area contributed by atoms with Crippen LogP contribution in [0.3, 0.4) is 0 Å². The van der Waals surface area contributed by atoms with E-state index in [1.54, 1.807) is 0 Å². The van der Waals surface area contributed by atoms with Crippen LogP contribution in [0.25, 0.3) is 21.7 Å². The largest absolute Gasteiger partial charge is 0.375 e. The Bertz CT molecular complexity index is 773. The van der Waals surface area contributed by atoms with Crippen molar-refractivity contribution in [1.82, 2.24) is 15.1 Å². The summed E-state index contributed by atoms with van der Waals surface area (Å²) >= 11 is 1.47. The van der Waals surface area contributed by atoms with Gasteiger partial charge in [-0.1, -0.05) is 35.8 Å². The number of benzene rings is 1. The molecule has 1 saturated carbocycles. The molecule has 0 unspecified atom stereocenters. The van der Waals surface area contributed by atoms with Gasteiger partial charge in [-0.3, -0.25) is 0 Å². The highest BCUT2D eigenvalue weighted by Crippen LogP contribution is 2.33. The first-order chi connectivity index (χ1) is 10.3. The summed E-state index contributed by atoms with van der Waals surface area (Å²) in [5.41, 5.74) is 7.58. The van der Waals surface area contributed by atoms with Crippen molar-refractivity contribution >= 4 is 26.7 Å². The number of aromatic nitrogens is 3. The maximum atomic E-state index is 5.74. The molecule has 1 aromatic carbocycles. The third kappa shape index (κ3) is 2.40. The van der Waals surface area contributed by atoms with Gasteiger partial charge in [-0.25, -0.2) is 4.98 Å². The van der Waals surface area contributed by atoms with Crippen LogP contribution in [0.2, 0.25) is 0 Å². The summed E-state index contributed by atoms with van der Waals surface area (Å²) in [6, 6.07) is 5.92. The second-order valence-corrected chi connectivity index (χ2v) is 6.59. The highest BCUT2D eigenvalue weighted by Gasteiger charge is 2.21. The summed E-state index contributed by atoms with van der Waals surface area (Å²) in [5, 5.41) is 4.76. The Morgan fingerprint density at radius 1 is 1.14 bits per heavy atom. The maximum absolute atomic E-state index is 5.74. The first kappa shape index (κ1) is 12.8. The SMILES string of the molecule is Nc1nc2ccc(-c3nc(C4CCCCC4)no3)cc2s1. The molecule has 1 aliphatic carbocycles. The Kier molecular flexibility index (Phi) is 3.11. The molecule has 21 heavy (non-hydrogen) atoms. The quantitative estimate of drug-likeness (QED) is 0.774. The molecule has 0 saturated heterocycles. The number of anilines is 1. The fraction of sp³-hybridized carbons (Fsp3) is 0.400. The van der Waals surface area contributed by atoms with Gasteiger partial charge in [-0.15, -0.1) is 0 Å². The van der Waals surface area contributed by atoms with Crippen LogP contribution in [-0.4, -0.2) is 15.1 Å². The van der Waals surface area contributed by atoms with E-state index in [1.165, 1.54) is 43.4 Å². The molecule has 0 spiro atoms. The van der Waals surface area contributed by atoms with Crippen molar-refractivity contribution in [3.8, 4) is 11.5 Å². The Morgan fingerprint density at radius 2 is 2.00 bits per heavy atom. The van der Waals surface area contributed by atoms with E-state index in [4.69, 9.17) is 10.3 Å². The van der Waals surface area contributed by atoms with Crippen molar-refractivity contribution in [1.29, 1.82) is 0 Å². The average molecular weight is 300 g/mol. The normalized spacial score (nSPS) is 16.6. The molecule has 5 nitrogen and oxygen atoms in total. The van der Waals surface area contributed by atoms with E-state index in [1.807, 2.05) is 18.2 Å². The molecule has 2 aromatic heterocycles. The molecule has 1 aliphatic rings. The Morgan fingerprint density at radius 3 is 2.86 bits per heavy atom. The van der Waals surface area contributed by atoms with Crippen molar-refractivity contribution in [2.24, 2.45) is 0 Å². The van der Waals surface area contributed by atoms with E-state index < -0.39 is 0 Å². The van der Waals surface area contributed by atoms with Gasteiger partial charge in [0.2, 0.25) is 0 Å². The maximum Gasteiger partial charge on any atom is 0.257 e. The number of nitrogen functional groups attached to an aromatic ring is 1. The third-order valence-corrected chi connectivity index (χ3v) is 4.91. The number of hydrogen-bond acceptors (Lipinski definition) is 6. The van der Waals surface area contributed by atoms with Gasteiger partial charge in [0.15, 0.2) is 11.0 Å². The number of rotatable bonds is 2. The van der Waals surface area contributed by atoms with Crippen LogP contribution in [0.4, 0.5) is 5.13 Å². The van der Waals surface area contributed by atoms with Gasteiger partial charge in [0.1, 0.15) is 0 Å². The molecule has 2 N–H and O–H groups in total. The summed E-state index contributed by atoms with van der Waals surface area (Å²) in [5.74, 6) is 1.90. The Hall–Kier alpha value is -1.95. The molecular weight excluding hydrogens is 284 g/mol. The van der Waals surface area contributed by atoms with Crippen molar-refractivity contribution in [3.63, 3.8) is 0 Å². The van der Waals surface area contributed by atoms with Crippen LogP contribution in [0.1, 0.15) is 43.8 Å². The smallest absolute Gasteiger partial charge is 0.257 e. The first-order valence-corrected chi connectivity index (χ1v) is 8.11. The van der Waals surface area contributed by atoms with Gasteiger partial charge >= 0.3 is 0 Å². The number of nitrogens with two attached hydrogens (primary N) is 1. The van der Waals surface area contributed by atoms with Gasteiger partial charge in [-0.05, 0) is 31.0 Å². The molecule has 108 valence electrons. The minimum Gasteiger partial charge on any atom is -0.375 e. The van der Waals surface area contributed by atoms with E-state index >= 15 is 0 Å². The number of thiazole rings is 1. The summed E-state index contributed by atoms with van der Waals surface area (Å²) in [6.07, 6.45) is 6.19. The van der Waals surface area contributed by atoms with E-state index in [9.17, 15) is 0 Å². The molecule has 4 rings (SSSR count). The lowest BCUT2D eigenvalue weighted by atomic mass is 9.89. The zero-order valence-corrected chi connectivity index (χ0v) is 12.4. The van der Waals surface area contributed by atoms with Crippen LogP contribution in [0, 0.1) is 0 Å². The van der Waals surface area contributed by atoms with Crippen molar-refractivity contribution in [2.75, 3.05) is 5.73 Å². The van der Waals surface area contributed by atoms with Crippen LogP contribution >= 0.6 is 11.3 Å². The molecule has 0 aliphatic heterocycles. The van der Waals surface area contributed by atoms with Crippen LogP contribution < -0.4 is 5.73 Å². The van der Waals surface area contributed by atoms with Crippen LogP contribution in [-0.2, 0) is 0 Å². The Labute approximate surface area is 126 Å². The standard InChI is InChI=1S/C15H16N4OS/c16-15-17-11-7-6-10(8-12(11)21-15)14-18-13(19-20-14)9-4-2-1-3-5-9/h6-9H,1-5H2,(H2,16,17). The highest BCUT2D eigenvalue weighted by molar-refractivity contribution is 7.22. The zero-order chi connectivity index (χ0) is 14.2. The van der Waals surface area contributed by atoms with Gasteiger partial charge in [0.05, 0.1) is 10.2 Å². The first-order valence-electron chi connectivity index (χ1n) is 7.29. The minimum absolute atomic E-state index is 0.457. The summed E-state index contributed by atoms with van der Waals surface area (Å²) in [7, 11) is 0. The molecule has 0 amide bonds. The predicted octanol–water partition coefficient (Wildman–Crippen LogP) is 3.98. The molecule has 0 radical (unpaired) electrons. The third-order valence-electron chi connectivity index (χ3n) is 4.06. The molecule has 6 heteroatoms. The van der Waals surface area contributed by atoms with Crippen molar-refractivity contribution in [3.05, 3.63) is 24.0 Å². The highest BCUT2D eigenvalue weighted by atomic mass is 32.1. The lowest BCUT2D eigenvalue weighted by Gasteiger charge is -2.17. The van der Waals surface area contributed by atoms with E-state index in [0.29, 0.717) is 16.9 Å². The second-order valence-electron chi connectivity index (χ2n) is 5.53. The van der Waals surface area contributed by atoms with E-state index in [2.05, 4.69) is 15.1 Å². The molecule has 1 fully saturated rings. The lowest BCUT2D eigenvalue weighted by molar-refractivity contribution is 0.385. The fourth-order valence-electron chi connectivity index (χ4n) is 2.95. The molecule has 0 atom stereocenters. The zero-order valence-electron chi connectivity index (χ0n) is 11.6. The fourth-order valence-corrected chi connectivity index (χ4v) is 3.73. The predicted molar refractivity (Wildman–Crippen MR) is 83.2 cm³/mol. The van der Waals surface area contributed by atoms with Gasteiger partial charge in [0.25, 0.3) is 5.89 Å². The van der Waals surface area contributed by atoms with E-state index in [-0.39, 0.29) is 0 Å². The molecule has 0 bridgehead atoms. The van der Waals surface area contributed by atoms with Crippen LogP contribution in [0.5, 0.6) is 0 Å². The van der Waals surface area contributed by atoms with Gasteiger partial charge in [0, 0.05) is 11.5 Å². The second kappa shape index (κ2) is 5.11. The van der Waals surface area contributed by atoms with Crippen LogP contribution in [0.15, 0.2) is 22.7 Å². The number of hydrogen-bond donors (Lipinski definition) is 1. The molecule has 3 aromatic rings. The summed E-state index contributed by atoms with van der Waals surface area (Å²) < 4.78 is 6.50. The van der Waals surface area contributed by atoms with E-state index in [0.717, 1.165) is 21.6 Å². The van der Waals surface area contributed by atoms with Gasteiger partial charge < -0.3 is 10.3 Å². The summed E-state index contributed by atoms with van der Waals surface area (Å²) in [6.45, 7) is 0. The number of nitrogens with zero attached hydrogens (tertiary/aromatic N) is 3. The number of fused-ring (bicyclic) bond motifs is 1. The Balaban J connectivity index is 1.66. The van der Waals surface area contributed by atoms with Gasteiger partial charge in [-0.2, -0.15) is 4.98 Å². The topological polar surface area (TPSA) is 77.8 Å². The monoisotopic (exact) mass is 300 g/mol. The molecule has 2 heterocycles. The van der Waals surface area contributed by atoms with Crippen molar-refractivity contribution in [2.45, 2.75) is 38.0 Å².